The van der Waals surface area contributed by atoms with Crippen LogP contribution in [0.3, 0.4) is 0 Å². The van der Waals surface area contributed by atoms with E-state index in [-0.39, 0.29) is 10.9 Å². The van der Waals surface area contributed by atoms with Gasteiger partial charge in [0.15, 0.2) is 0 Å². The van der Waals surface area contributed by atoms with E-state index in [9.17, 15) is 8.42 Å². The number of nitrogens with two attached hydrogens (primary N) is 1. The maximum atomic E-state index is 12.2. The molecule has 5 heteroatoms. The first kappa shape index (κ1) is 13.4. The Hall–Kier alpha value is -1.07. The normalized spacial score (nSPS) is 24.9. The zero-order valence-corrected chi connectivity index (χ0v) is 11.4. The average molecular weight is 268 g/mol. The van der Waals surface area contributed by atoms with Crippen LogP contribution in [0.4, 0.5) is 5.69 Å². The van der Waals surface area contributed by atoms with E-state index >= 15 is 0 Å². The van der Waals surface area contributed by atoms with Crippen LogP contribution in [0.25, 0.3) is 0 Å². The summed E-state index contributed by atoms with van der Waals surface area (Å²) in [5, 5.41) is 0. The summed E-state index contributed by atoms with van der Waals surface area (Å²) >= 11 is 0. The van der Waals surface area contributed by atoms with Crippen molar-refractivity contribution in [1.29, 1.82) is 0 Å². The molecule has 18 heavy (non-hydrogen) atoms. The molecule has 0 radical (unpaired) electrons. The fourth-order valence-corrected chi connectivity index (χ4v) is 3.78. The van der Waals surface area contributed by atoms with E-state index in [2.05, 4.69) is 11.6 Å². The molecular formula is C13H20N2O2S. The van der Waals surface area contributed by atoms with E-state index in [0.29, 0.717) is 11.6 Å². The Morgan fingerprint density at radius 1 is 1.17 bits per heavy atom. The summed E-state index contributed by atoms with van der Waals surface area (Å²) in [5.74, 6) is 0.405. The third-order valence-electron chi connectivity index (χ3n) is 3.61. The lowest BCUT2D eigenvalue weighted by Crippen LogP contribution is -2.40. The molecule has 0 aliphatic heterocycles. The van der Waals surface area contributed by atoms with Gasteiger partial charge in [-0.1, -0.05) is 19.8 Å². The molecule has 0 aromatic heterocycles. The number of sulfonamides is 1. The van der Waals surface area contributed by atoms with Crippen molar-refractivity contribution in [2.45, 2.75) is 43.5 Å². The van der Waals surface area contributed by atoms with E-state index in [4.69, 9.17) is 5.73 Å². The van der Waals surface area contributed by atoms with Gasteiger partial charge in [-0.2, -0.15) is 0 Å². The van der Waals surface area contributed by atoms with Crippen LogP contribution in [-0.4, -0.2) is 14.5 Å². The number of hydrogen-bond acceptors (Lipinski definition) is 3. The molecule has 0 spiro atoms. The molecule has 2 atom stereocenters. The Balaban J connectivity index is 2.13. The third-order valence-corrected chi connectivity index (χ3v) is 5.11. The van der Waals surface area contributed by atoms with Gasteiger partial charge in [0.2, 0.25) is 10.0 Å². The Labute approximate surface area is 109 Å². The number of benzene rings is 1. The van der Waals surface area contributed by atoms with Gasteiger partial charge in [0.05, 0.1) is 4.90 Å². The molecule has 0 amide bonds. The fraction of sp³-hybridized carbons (Fsp3) is 0.538. The predicted molar refractivity (Wildman–Crippen MR) is 72.6 cm³/mol. The lowest BCUT2D eigenvalue weighted by molar-refractivity contribution is 0.310. The molecule has 1 fully saturated rings. The topological polar surface area (TPSA) is 72.2 Å². The molecule has 2 unspecified atom stereocenters. The van der Waals surface area contributed by atoms with E-state index in [1.165, 1.54) is 6.42 Å². The van der Waals surface area contributed by atoms with Crippen LogP contribution in [0, 0.1) is 5.92 Å². The minimum absolute atomic E-state index is 0.0568. The summed E-state index contributed by atoms with van der Waals surface area (Å²) < 4.78 is 27.2. The number of nitrogen functional groups attached to an aromatic ring is 1. The molecule has 4 nitrogen and oxygen atoms in total. The van der Waals surface area contributed by atoms with Gasteiger partial charge in [-0.15, -0.1) is 0 Å². The first-order valence-corrected chi connectivity index (χ1v) is 7.85. The molecule has 1 aliphatic rings. The SMILES string of the molecule is CC1CCCCC1NS(=O)(=O)c1ccc(N)cc1. The van der Waals surface area contributed by atoms with Gasteiger partial charge >= 0.3 is 0 Å². The Bertz CT molecular complexity index is 496. The summed E-state index contributed by atoms with van der Waals surface area (Å²) in [6.07, 6.45) is 4.31. The van der Waals surface area contributed by atoms with Gasteiger partial charge in [0.25, 0.3) is 0 Å². The molecule has 100 valence electrons. The second-order valence-electron chi connectivity index (χ2n) is 5.06. The second kappa shape index (κ2) is 5.28. The van der Waals surface area contributed by atoms with Gasteiger partial charge in [-0.25, -0.2) is 13.1 Å². The molecule has 1 saturated carbocycles. The van der Waals surface area contributed by atoms with Crippen molar-refractivity contribution in [3.8, 4) is 0 Å². The summed E-state index contributed by atoms with van der Waals surface area (Å²) in [6.45, 7) is 2.11. The van der Waals surface area contributed by atoms with Gasteiger partial charge in [0, 0.05) is 11.7 Å². The van der Waals surface area contributed by atoms with E-state index in [0.717, 1.165) is 19.3 Å². The number of hydrogen-bond donors (Lipinski definition) is 2. The van der Waals surface area contributed by atoms with Crippen LogP contribution in [0.2, 0.25) is 0 Å². The molecule has 2 rings (SSSR count). The van der Waals surface area contributed by atoms with Crippen molar-refractivity contribution >= 4 is 15.7 Å². The number of anilines is 1. The largest absolute Gasteiger partial charge is 0.399 e. The molecule has 3 N–H and O–H groups in total. The minimum atomic E-state index is -3.42. The van der Waals surface area contributed by atoms with Crippen molar-refractivity contribution in [3.63, 3.8) is 0 Å². The summed E-state index contributed by atoms with van der Waals surface area (Å²) in [6, 6.07) is 6.37. The lowest BCUT2D eigenvalue weighted by atomic mass is 9.87. The Morgan fingerprint density at radius 2 is 1.78 bits per heavy atom. The number of nitrogens with one attached hydrogen (secondary N) is 1. The molecule has 1 aromatic rings. The summed E-state index contributed by atoms with van der Waals surface area (Å²) in [7, 11) is -3.42. The second-order valence-corrected chi connectivity index (χ2v) is 6.77. The molecule has 0 heterocycles. The highest BCUT2D eigenvalue weighted by Crippen LogP contribution is 2.25. The van der Waals surface area contributed by atoms with Crippen LogP contribution in [0.1, 0.15) is 32.6 Å². The first-order chi connectivity index (χ1) is 8.49. The highest BCUT2D eigenvalue weighted by Gasteiger charge is 2.26. The summed E-state index contributed by atoms with van der Waals surface area (Å²) in [5.41, 5.74) is 6.13. The van der Waals surface area contributed by atoms with E-state index in [1.54, 1.807) is 24.3 Å². The molecule has 1 aromatic carbocycles. The predicted octanol–water partition coefficient (Wildman–Crippen LogP) is 2.13. The van der Waals surface area contributed by atoms with Crippen LogP contribution in [-0.2, 0) is 10.0 Å². The Morgan fingerprint density at radius 3 is 2.39 bits per heavy atom. The van der Waals surface area contributed by atoms with Crippen molar-refractivity contribution in [3.05, 3.63) is 24.3 Å². The monoisotopic (exact) mass is 268 g/mol. The van der Waals surface area contributed by atoms with Gasteiger partial charge in [-0.3, -0.25) is 0 Å². The quantitative estimate of drug-likeness (QED) is 0.825. The first-order valence-electron chi connectivity index (χ1n) is 6.37. The van der Waals surface area contributed by atoms with Crippen LogP contribution in [0.15, 0.2) is 29.2 Å². The highest BCUT2D eigenvalue weighted by molar-refractivity contribution is 7.89. The average Bonchev–Trinajstić information content (AvgIpc) is 2.32. The van der Waals surface area contributed by atoms with Crippen LogP contribution >= 0.6 is 0 Å². The summed E-state index contributed by atoms with van der Waals surface area (Å²) in [4.78, 5) is 0.287. The third kappa shape index (κ3) is 3.03. The zero-order valence-electron chi connectivity index (χ0n) is 10.6. The van der Waals surface area contributed by atoms with Gasteiger partial charge in [0.1, 0.15) is 0 Å². The molecule has 0 saturated heterocycles. The van der Waals surface area contributed by atoms with E-state index in [1.807, 2.05) is 0 Å². The minimum Gasteiger partial charge on any atom is -0.399 e. The van der Waals surface area contributed by atoms with Gasteiger partial charge < -0.3 is 5.73 Å². The molecular weight excluding hydrogens is 248 g/mol. The smallest absolute Gasteiger partial charge is 0.240 e. The van der Waals surface area contributed by atoms with Crippen molar-refractivity contribution in [1.82, 2.24) is 4.72 Å². The zero-order chi connectivity index (χ0) is 13.2. The van der Waals surface area contributed by atoms with Gasteiger partial charge in [-0.05, 0) is 43.0 Å². The van der Waals surface area contributed by atoms with E-state index < -0.39 is 10.0 Å². The standard InChI is InChI=1S/C13H20N2O2S/c1-10-4-2-3-5-13(10)15-18(16,17)12-8-6-11(14)7-9-12/h6-10,13,15H,2-5,14H2,1H3. The highest BCUT2D eigenvalue weighted by atomic mass is 32.2. The fourth-order valence-electron chi connectivity index (χ4n) is 2.41. The maximum Gasteiger partial charge on any atom is 0.240 e. The van der Waals surface area contributed by atoms with Crippen LogP contribution < -0.4 is 10.5 Å². The Kier molecular flexibility index (Phi) is 3.92. The molecule has 0 bridgehead atoms. The lowest BCUT2D eigenvalue weighted by Gasteiger charge is -2.29. The number of rotatable bonds is 3. The van der Waals surface area contributed by atoms with Crippen molar-refractivity contribution in [2.24, 2.45) is 5.92 Å². The molecule has 1 aliphatic carbocycles. The van der Waals surface area contributed by atoms with Crippen molar-refractivity contribution < 1.29 is 8.42 Å². The van der Waals surface area contributed by atoms with Crippen LogP contribution in [0.5, 0.6) is 0 Å². The maximum absolute atomic E-state index is 12.2. The van der Waals surface area contributed by atoms with Crippen molar-refractivity contribution in [2.75, 3.05) is 5.73 Å².